The summed E-state index contributed by atoms with van der Waals surface area (Å²) in [5.74, 6) is 0. The molecule has 0 saturated heterocycles. The predicted molar refractivity (Wildman–Crippen MR) is 58.4 cm³/mol. The highest BCUT2D eigenvalue weighted by molar-refractivity contribution is 6.73. The molecule has 0 atom stereocenters. The van der Waals surface area contributed by atoms with Gasteiger partial charge in [0.15, 0.2) is 0 Å². The van der Waals surface area contributed by atoms with Crippen molar-refractivity contribution in [2.45, 2.75) is 0 Å². The SMILES string of the molecule is F[B-](F)(F)c1cccc(-c2ccncc2)c1. The number of nitrogens with zero attached hydrogens (tertiary/aromatic N) is 1. The number of halogens is 3. The van der Waals surface area contributed by atoms with Gasteiger partial charge in [-0.1, -0.05) is 24.3 Å². The zero-order valence-corrected chi connectivity index (χ0v) is 8.28. The van der Waals surface area contributed by atoms with E-state index in [0.29, 0.717) is 5.56 Å². The van der Waals surface area contributed by atoms with Crippen LogP contribution in [-0.2, 0) is 0 Å². The van der Waals surface area contributed by atoms with Crippen molar-refractivity contribution in [2.24, 2.45) is 0 Å². The molecule has 0 amide bonds. The summed E-state index contributed by atoms with van der Waals surface area (Å²) >= 11 is 0. The van der Waals surface area contributed by atoms with Crippen LogP contribution < -0.4 is 5.46 Å². The molecule has 0 radical (unpaired) electrons. The van der Waals surface area contributed by atoms with Crippen molar-refractivity contribution in [3.05, 3.63) is 48.8 Å². The minimum Gasteiger partial charge on any atom is -0.445 e. The van der Waals surface area contributed by atoms with Gasteiger partial charge in [-0.05, 0) is 23.3 Å². The summed E-state index contributed by atoms with van der Waals surface area (Å²) < 4.78 is 37.6. The minimum absolute atomic E-state index is 0.555. The number of pyridine rings is 1. The maximum atomic E-state index is 12.5. The molecule has 5 heteroatoms. The third-order valence-corrected chi connectivity index (χ3v) is 2.28. The van der Waals surface area contributed by atoms with Gasteiger partial charge in [0.1, 0.15) is 0 Å². The third-order valence-electron chi connectivity index (χ3n) is 2.28. The van der Waals surface area contributed by atoms with Crippen molar-refractivity contribution in [2.75, 3.05) is 0 Å². The largest absolute Gasteiger partial charge is 0.509 e. The maximum Gasteiger partial charge on any atom is 0.509 e. The van der Waals surface area contributed by atoms with Gasteiger partial charge in [-0.3, -0.25) is 4.98 Å². The lowest BCUT2D eigenvalue weighted by atomic mass is 9.79. The molecule has 1 heterocycles. The fourth-order valence-corrected chi connectivity index (χ4v) is 1.47. The van der Waals surface area contributed by atoms with Crippen molar-refractivity contribution in [1.29, 1.82) is 0 Å². The second-order valence-electron chi connectivity index (χ2n) is 3.44. The van der Waals surface area contributed by atoms with Crippen LogP contribution in [0.25, 0.3) is 11.1 Å². The van der Waals surface area contributed by atoms with Crippen LogP contribution in [-0.4, -0.2) is 12.0 Å². The van der Waals surface area contributed by atoms with Crippen LogP contribution in [0.15, 0.2) is 48.8 Å². The predicted octanol–water partition coefficient (Wildman–Crippen LogP) is 2.80. The summed E-state index contributed by atoms with van der Waals surface area (Å²) in [4.78, 5) is 3.82. The van der Waals surface area contributed by atoms with Crippen molar-refractivity contribution in [3.63, 3.8) is 0 Å². The molecule has 1 nitrogen and oxygen atoms in total. The number of benzene rings is 1. The van der Waals surface area contributed by atoms with E-state index in [-0.39, 0.29) is 0 Å². The molecule has 0 unspecified atom stereocenters. The molecule has 16 heavy (non-hydrogen) atoms. The second-order valence-corrected chi connectivity index (χ2v) is 3.44. The molecule has 0 spiro atoms. The highest BCUT2D eigenvalue weighted by atomic mass is 19.4. The minimum atomic E-state index is -4.94. The lowest BCUT2D eigenvalue weighted by molar-refractivity contribution is 0.501. The number of rotatable bonds is 2. The van der Waals surface area contributed by atoms with Crippen molar-refractivity contribution < 1.29 is 12.9 Å². The van der Waals surface area contributed by atoms with Gasteiger partial charge in [0.2, 0.25) is 0 Å². The monoisotopic (exact) mass is 222 g/mol. The maximum absolute atomic E-state index is 12.5. The lowest BCUT2D eigenvalue weighted by Crippen LogP contribution is -2.33. The molecule has 0 saturated carbocycles. The first-order valence-corrected chi connectivity index (χ1v) is 4.78. The molecule has 0 fully saturated rings. The molecule has 1 aromatic carbocycles. The quantitative estimate of drug-likeness (QED) is 0.712. The van der Waals surface area contributed by atoms with Gasteiger partial charge in [0, 0.05) is 12.4 Å². The lowest BCUT2D eigenvalue weighted by Gasteiger charge is -2.15. The van der Waals surface area contributed by atoms with E-state index in [9.17, 15) is 12.9 Å². The standard InChI is InChI=1S/C11H8BF3N/c13-12(14,15)11-3-1-2-10(8-11)9-4-6-16-7-5-9/h1-8H/q-1. The highest BCUT2D eigenvalue weighted by Crippen LogP contribution is 2.18. The zero-order chi connectivity index (χ0) is 11.6. The molecular weight excluding hydrogens is 214 g/mol. The summed E-state index contributed by atoms with van der Waals surface area (Å²) in [5.41, 5.74) is 0.713. The van der Waals surface area contributed by atoms with E-state index < -0.39 is 12.4 Å². The topological polar surface area (TPSA) is 12.9 Å². The Hall–Kier alpha value is -1.78. The summed E-state index contributed by atoms with van der Waals surface area (Å²) in [6, 6.07) is 8.69. The van der Waals surface area contributed by atoms with Crippen LogP contribution >= 0.6 is 0 Å². The Bertz CT molecular complexity index is 482. The van der Waals surface area contributed by atoms with E-state index in [1.54, 1.807) is 30.6 Å². The summed E-state index contributed by atoms with van der Waals surface area (Å²) in [6.45, 7) is -4.94. The molecule has 0 aliphatic carbocycles. The summed E-state index contributed by atoms with van der Waals surface area (Å²) in [7, 11) is 0. The van der Waals surface area contributed by atoms with Crippen LogP contribution in [0.5, 0.6) is 0 Å². The Morgan fingerprint density at radius 1 is 0.875 bits per heavy atom. The molecule has 0 N–H and O–H groups in total. The van der Waals surface area contributed by atoms with Crippen LogP contribution in [0, 0.1) is 0 Å². The van der Waals surface area contributed by atoms with E-state index in [2.05, 4.69) is 4.98 Å². The van der Waals surface area contributed by atoms with Crippen molar-refractivity contribution in [3.8, 4) is 11.1 Å². The van der Waals surface area contributed by atoms with E-state index in [0.717, 1.165) is 17.7 Å². The molecular formula is C11H8BF3N-. The summed E-state index contributed by atoms with van der Waals surface area (Å²) in [6.07, 6.45) is 3.11. The number of hydrogen-bond donors (Lipinski definition) is 0. The van der Waals surface area contributed by atoms with Gasteiger partial charge in [-0.25, -0.2) is 0 Å². The third kappa shape index (κ3) is 2.24. The molecule has 0 bridgehead atoms. The Morgan fingerprint density at radius 2 is 1.56 bits per heavy atom. The van der Waals surface area contributed by atoms with Crippen LogP contribution in [0.2, 0.25) is 0 Å². The first-order chi connectivity index (χ1) is 7.57. The van der Waals surface area contributed by atoms with Crippen LogP contribution in [0.1, 0.15) is 0 Å². The molecule has 2 aromatic rings. The molecule has 0 aliphatic rings. The fraction of sp³-hybridized carbons (Fsp3) is 0. The van der Waals surface area contributed by atoms with E-state index in [1.165, 1.54) is 6.07 Å². The van der Waals surface area contributed by atoms with Gasteiger partial charge in [-0.15, -0.1) is 5.46 Å². The Kier molecular flexibility index (Phi) is 2.68. The molecule has 82 valence electrons. The normalized spacial score (nSPS) is 11.4. The smallest absolute Gasteiger partial charge is 0.445 e. The number of hydrogen-bond acceptors (Lipinski definition) is 1. The van der Waals surface area contributed by atoms with E-state index in [4.69, 9.17) is 0 Å². The second kappa shape index (κ2) is 4.00. The fourth-order valence-electron chi connectivity index (χ4n) is 1.47. The van der Waals surface area contributed by atoms with Crippen LogP contribution in [0.3, 0.4) is 0 Å². The first kappa shape index (κ1) is 10.7. The van der Waals surface area contributed by atoms with Crippen LogP contribution in [0.4, 0.5) is 12.9 Å². The average Bonchev–Trinajstić information content (AvgIpc) is 2.29. The Labute approximate surface area is 91.0 Å². The molecule has 1 aromatic heterocycles. The number of aromatic nitrogens is 1. The zero-order valence-electron chi connectivity index (χ0n) is 8.28. The van der Waals surface area contributed by atoms with Crippen molar-refractivity contribution in [1.82, 2.24) is 4.98 Å². The average molecular weight is 222 g/mol. The van der Waals surface area contributed by atoms with E-state index >= 15 is 0 Å². The van der Waals surface area contributed by atoms with Gasteiger partial charge < -0.3 is 12.9 Å². The highest BCUT2D eigenvalue weighted by Gasteiger charge is 2.25. The van der Waals surface area contributed by atoms with Gasteiger partial charge >= 0.3 is 6.98 Å². The molecule has 0 aliphatic heterocycles. The van der Waals surface area contributed by atoms with Gasteiger partial charge in [-0.2, -0.15) is 0 Å². The molecule has 2 rings (SSSR count). The Morgan fingerprint density at radius 3 is 2.19 bits per heavy atom. The Balaban J connectivity index is 2.45. The summed E-state index contributed by atoms with van der Waals surface area (Å²) in [5, 5.41) is 0. The van der Waals surface area contributed by atoms with Crippen molar-refractivity contribution >= 4 is 12.4 Å². The first-order valence-electron chi connectivity index (χ1n) is 4.78. The van der Waals surface area contributed by atoms with Gasteiger partial charge in [0.25, 0.3) is 0 Å². The van der Waals surface area contributed by atoms with Gasteiger partial charge in [0.05, 0.1) is 0 Å². The van der Waals surface area contributed by atoms with E-state index in [1.807, 2.05) is 0 Å².